The van der Waals surface area contributed by atoms with E-state index in [4.69, 9.17) is 14.6 Å². The molecule has 7 heteroatoms. The van der Waals surface area contributed by atoms with Gasteiger partial charge in [0.2, 0.25) is 0 Å². The van der Waals surface area contributed by atoms with Crippen LogP contribution in [0.4, 0.5) is 4.79 Å². The highest BCUT2D eigenvalue weighted by molar-refractivity contribution is 5.76. The maximum absolute atomic E-state index is 12.2. The minimum absolute atomic E-state index is 0.00664. The van der Waals surface area contributed by atoms with Crippen molar-refractivity contribution in [1.29, 1.82) is 0 Å². The number of ether oxygens (including phenoxy) is 2. The van der Waals surface area contributed by atoms with Crippen LogP contribution in [0, 0.1) is 11.8 Å². The van der Waals surface area contributed by atoms with Crippen LogP contribution in [0.5, 0.6) is 0 Å². The average Bonchev–Trinajstić information content (AvgIpc) is 2.52. The molecule has 2 fully saturated rings. The molecule has 120 valence electrons. The Morgan fingerprint density at radius 1 is 1.43 bits per heavy atom. The van der Waals surface area contributed by atoms with Crippen molar-refractivity contribution in [2.45, 2.75) is 25.4 Å². The van der Waals surface area contributed by atoms with Gasteiger partial charge < -0.3 is 24.8 Å². The van der Waals surface area contributed by atoms with Crippen LogP contribution in [0.2, 0.25) is 0 Å². The number of nitrogens with zero attached hydrogens (tertiary/aromatic N) is 1. The molecule has 0 aromatic rings. The maximum atomic E-state index is 12.2. The van der Waals surface area contributed by atoms with Crippen molar-refractivity contribution in [3.63, 3.8) is 0 Å². The van der Waals surface area contributed by atoms with E-state index in [1.54, 1.807) is 12.0 Å². The molecule has 0 bridgehead atoms. The summed E-state index contributed by atoms with van der Waals surface area (Å²) in [5.41, 5.74) is 0. The minimum Gasteiger partial charge on any atom is -0.481 e. The SMILES string of the molecule is COC1COCCC1CNC(=O)N1CCCC(C(=O)O)C1. The molecule has 2 saturated heterocycles. The van der Waals surface area contributed by atoms with Crippen molar-refractivity contribution in [2.24, 2.45) is 11.8 Å². The summed E-state index contributed by atoms with van der Waals surface area (Å²) in [7, 11) is 1.65. The third kappa shape index (κ3) is 4.31. The van der Waals surface area contributed by atoms with Crippen LogP contribution in [0.15, 0.2) is 0 Å². The van der Waals surface area contributed by atoms with Gasteiger partial charge in [0.05, 0.1) is 18.6 Å². The van der Waals surface area contributed by atoms with Crippen LogP contribution >= 0.6 is 0 Å². The first-order valence-electron chi connectivity index (χ1n) is 7.48. The highest BCUT2D eigenvalue weighted by Gasteiger charge is 2.30. The number of urea groups is 1. The van der Waals surface area contributed by atoms with Crippen molar-refractivity contribution in [2.75, 3.05) is 40.0 Å². The summed E-state index contributed by atoms with van der Waals surface area (Å²) in [6, 6.07) is -0.178. The van der Waals surface area contributed by atoms with Crippen LogP contribution in [0.25, 0.3) is 0 Å². The Kier molecular flexibility index (Phi) is 5.81. The molecule has 21 heavy (non-hydrogen) atoms. The molecule has 0 spiro atoms. The normalized spacial score (nSPS) is 30.0. The summed E-state index contributed by atoms with van der Waals surface area (Å²) in [6.45, 7) is 2.70. The first-order valence-corrected chi connectivity index (χ1v) is 7.48. The molecule has 0 aliphatic carbocycles. The number of carbonyl (C=O) groups is 2. The Balaban J connectivity index is 1.79. The second-order valence-electron chi connectivity index (χ2n) is 5.71. The Hall–Kier alpha value is -1.34. The van der Waals surface area contributed by atoms with Gasteiger partial charge in [0.25, 0.3) is 0 Å². The smallest absolute Gasteiger partial charge is 0.317 e. The number of carbonyl (C=O) groups excluding carboxylic acids is 1. The van der Waals surface area contributed by atoms with Crippen LogP contribution in [0.3, 0.4) is 0 Å². The van der Waals surface area contributed by atoms with Crippen molar-refractivity contribution >= 4 is 12.0 Å². The average molecular weight is 300 g/mol. The number of carboxylic acid groups (broad SMARTS) is 1. The van der Waals surface area contributed by atoms with Gasteiger partial charge in [-0.05, 0) is 19.3 Å². The molecule has 2 rings (SSSR count). The molecule has 2 N–H and O–H groups in total. The number of hydrogen-bond donors (Lipinski definition) is 2. The second-order valence-corrected chi connectivity index (χ2v) is 5.71. The van der Waals surface area contributed by atoms with E-state index in [9.17, 15) is 9.59 Å². The molecule has 3 unspecified atom stereocenters. The van der Waals surface area contributed by atoms with E-state index in [2.05, 4.69) is 5.32 Å². The lowest BCUT2D eigenvalue weighted by molar-refractivity contribution is -0.143. The summed E-state index contributed by atoms with van der Waals surface area (Å²) in [4.78, 5) is 24.8. The van der Waals surface area contributed by atoms with Crippen molar-refractivity contribution < 1.29 is 24.2 Å². The molecule has 2 heterocycles. The number of methoxy groups -OCH3 is 1. The number of carboxylic acids is 1. The van der Waals surface area contributed by atoms with Gasteiger partial charge in [-0.15, -0.1) is 0 Å². The van der Waals surface area contributed by atoms with Crippen molar-refractivity contribution in [3.8, 4) is 0 Å². The summed E-state index contributed by atoms with van der Waals surface area (Å²) in [5, 5.41) is 12.0. The van der Waals surface area contributed by atoms with Crippen LogP contribution in [-0.4, -0.2) is 68.1 Å². The number of aliphatic carboxylic acids is 1. The van der Waals surface area contributed by atoms with Gasteiger partial charge in [-0.1, -0.05) is 0 Å². The Labute approximate surface area is 124 Å². The minimum atomic E-state index is -0.823. The van der Waals surface area contributed by atoms with Crippen molar-refractivity contribution in [1.82, 2.24) is 10.2 Å². The highest BCUT2D eigenvalue weighted by atomic mass is 16.5. The molecular formula is C14H24N2O5. The van der Waals surface area contributed by atoms with Crippen LogP contribution in [-0.2, 0) is 14.3 Å². The fourth-order valence-electron chi connectivity index (χ4n) is 2.94. The Morgan fingerprint density at radius 2 is 2.24 bits per heavy atom. The molecule has 7 nitrogen and oxygen atoms in total. The molecule has 2 amide bonds. The molecule has 2 aliphatic rings. The highest BCUT2D eigenvalue weighted by Crippen LogP contribution is 2.19. The number of amides is 2. The second kappa shape index (κ2) is 7.61. The third-order valence-corrected chi connectivity index (χ3v) is 4.32. The zero-order valence-electron chi connectivity index (χ0n) is 12.4. The predicted molar refractivity (Wildman–Crippen MR) is 75.1 cm³/mol. The molecule has 0 aromatic heterocycles. The fourth-order valence-corrected chi connectivity index (χ4v) is 2.94. The lowest BCUT2D eigenvalue weighted by Gasteiger charge is -2.33. The van der Waals surface area contributed by atoms with E-state index < -0.39 is 11.9 Å². The molecule has 2 aliphatic heterocycles. The first kappa shape index (κ1) is 16.0. The molecule has 0 aromatic carbocycles. The first-order chi connectivity index (χ1) is 10.1. The Morgan fingerprint density at radius 3 is 2.95 bits per heavy atom. The summed E-state index contributed by atoms with van der Waals surface area (Å²) in [5.74, 6) is -1.02. The summed E-state index contributed by atoms with van der Waals surface area (Å²) in [6.07, 6.45) is 2.25. The lowest BCUT2D eigenvalue weighted by atomic mass is 9.97. The number of nitrogens with one attached hydrogen (secondary N) is 1. The number of rotatable bonds is 4. The molecule has 0 saturated carbocycles. The van der Waals surface area contributed by atoms with Gasteiger partial charge in [-0.3, -0.25) is 4.79 Å². The van der Waals surface area contributed by atoms with Gasteiger partial charge in [0, 0.05) is 39.3 Å². The maximum Gasteiger partial charge on any atom is 0.317 e. The zero-order valence-corrected chi connectivity index (χ0v) is 12.4. The lowest BCUT2D eigenvalue weighted by Crippen LogP contribution is -2.49. The van der Waals surface area contributed by atoms with Gasteiger partial charge in [0.1, 0.15) is 0 Å². The van der Waals surface area contributed by atoms with Crippen LogP contribution < -0.4 is 5.32 Å². The fraction of sp³-hybridized carbons (Fsp3) is 0.857. The van der Waals surface area contributed by atoms with Gasteiger partial charge >= 0.3 is 12.0 Å². The van der Waals surface area contributed by atoms with E-state index in [1.807, 2.05) is 0 Å². The van der Waals surface area contributed by atoms with E-state index in [0.717, 1.165) is 12.8 Å². The van der Waals surface area contributed by atoms with Crippen LogP contribution in [0.1, 0.15) is 19.3 Å². The van der Waals surface area contributed by atoms with Gasteiger partial charge in [-0.2, -0.15) is 0 Å². The third-order valence-electron chi connectivity index (χ3n) is 4.32. The Bertz CT molecular complexity index is 376. The van der Waals surface area contributed by atoms with E-state index in [0.29, 0.717) is 39.3 Å². The largest absolute Gasteiger partial charge is 0.481 e. The van der Waals surface area contributed by atoms with Crippen molar-refractivity contribution in [3.05, 3.63) is 0 Å². The molecule has 0 radical (unpaired) electrons. The van der Waals surface area contributed by atoms with E-state index >= 15 is 0 Å². The number of likely N-dealkylation sites (tertiary alicyclic amines) is 1. The number of hydrogen-bond acceptors (Lipinski definition) is 4. The summed E-state index contributed by atoms with van der Waals surface area (Å²) >= 11 is 0. The number of piperidine rings is 1. The molecular weight excluding hydrogens is 276 g/mol. The van der Waals surface area contributed by atoms with E-state index in [-0.39, 0.29) is 18.1 Å². The quantitative estimate of drug-likeness (QED) is 0.791. The molecule has 3 atom stereocenters. The predicted octanol–water partition coefficient (Wildman–Crippen LogP) is 0.544. The topological polar surface area (TPSA) is 88.1 Å². The zero-order chi connectivity index (χ0) is 15.2. The monoisotopic (exact) mass is 300 g/mol. The van der Waals surface area contributed by atoms with Gasteiger partial charge in [0.15, 0.2) is 0 Å². The van der Waals surface area contributed by atoms with Gasteiger partial charge in [-0.25, -0.2) is 4.79 Å². The van der Waals surface area contributed by atoms with E-state index in [1.165, 1.54) is 0 Å². The summed E-state index contributed by atoms with van der Waals surface area (Å²) < 4.78 is 10.7. The standard InChI is InChI=1S/C14H24N2O5/c1-20-12-9-21-6-4-10(12)7-15-14(19)16-5-2-3-11(8-16)13(17)18/h10-12H,2-9H2,1H3,(H,15,19)(H,17,18).